The lowest BCUT2D eigenvalue weighted by atomic mass is 10.0. The number of carboxylic acid groups (broad SMARTS) is 1. The third-order valence-corrected chi connectivity index (χ3v) is 7.56. The van der Waals surface area contributed by atoms with Crippen molar-refractivity contribution >= 4 is 27.8 Å². The first-order valence-electron chi connectivity index (χ1n) is 13.4. The number of aromatic nitrogens is 2. The van der Waals surface area contributed by atoms with Gasteiger partial charge < -0.3 is 15.3 Å². The van der Waals surface area contributed by atoms with Gasteiger partial charge in [-0.15, -0.1) is 0 Å². The first-order valence-corrected chi connectivity index (χ1v) is 15.3. The van der Waals surface area contributed by atoms with E-state index in [0.29, 0.717) is 5.56 Å². The number of carbonyl (C=O) groups excluding carboxylic acids is 1. The van der Waals surface area contributed by atoms with Crippen molar-refractivity contribution in [2.75, 3.05) is 24.3 Å². The molecule has 1 aliphatic heterocycles. The van der Waals surface area contributed by atoms with E-state index in [9.17, 15) is 44.3 Å². The number of halogens is 6. The van der Waals surface area contributed by atoms with Gasteiger partial charge in [-0.2, -0.15) is 39.9 Å². The highest BCUT2D eigenvalue weighted by molar-refractivity contribution is 7.85. The molecule has 0 saturated heterocycles. The zero-order chi connectivity index (χ0) is 33.3. The highest BCUT2D eigenvalue weighted by Gasteiger charge is 2.44. The Balaban J connectivity index is 1.63. The Morgan fingerprint density at radius 1 is 1.02 bits per heavy atom. The molecule has 0 saturated carbocycles. The van der Waals surface area contributed by atoms with Gasteiger partial charge in [-0.05, 0) is 60.7 Å². The lowest BCUT2D eigenvalue weighted by Crippen LogP contribution is -2.31. The lowest BCUT2D eigenvalue weighted by Gasteiger charge is -2.22. The second-order valence-electron chi connectivity index (χ2n) is 10.5. The molecule has 1 unspecified atom stereocenters. The van der Waals surface area contributed by atoms with Gasteiger partial charge in [0.25, 0.3) is 16.0 Å². The summed E-state index contributed by atoms with van der Waals surface area (Å²) < 4.78 is 111. The van der Waals surface area contributed by atoms with Crippen molar-refractivity contribution < 1.29 is 53.6 Å². The fraction of sp³-hybridized carbons (Fsp3) is 0.393. The molecule has 1 aromatic heterocycles. The Bertz CT molecular complexity index is 1690. The number of nitrogens with zero attached hydrogens (tertiary/aromatic N) is 3. The van der Waals surface area contributed by atoms with E-state index >= 15 is 0 Å². The molecule has 0 aliphatic carbocycles. The molecule has 45 heavy (non-hydrogen) atoms. The summed E-state index contributed by atoms with van der Waals surface area (Å²) in [6.07, 6.45) is -8.82. The topological polar surface area (TPSA) is 131 Å². The normalized spacial score (nSPS) is 14.4. The lowest BCUT2D eigenvalue weighted by molar-refractivity contribution is -0.142. The molecule has 2 N–H and O–H groups in total. The Labute approximate surface area is 253 Å². The van der Waals surface area contributed by atoms with E-state index in [-0.39, 0.29) is 61.6 Å². The minimum Gasteiger partial charge on any atom is -0.478 e. The third-order valence-electron chi connectivity index (χ3n) is 6.97. The van der Waals surface area contributed by atoms with Crippen LogP contribution in [0.15, 0.2) is 42.5 Å². The first kappa shape index (κ1) is 33.8. The summed E-state index contributed by atoms with van der Waals surface area (Å²) in [6.45, 7) is 0.948. The predicted octanol–water partition coefficient (Wildman–Crippen LogP) is 5.04. The van der Waals surface area contributed by atoms with Crippen LogP contribution < -0.4 is 10.2 Å². The second kappa shape index (κ2) is 12.7. The molecule has 244 valence electrons. The molecule has 0 fully saturated rings. The van der Waals surface area contributed by atoms with Gasteiger partial charge in [0.1, 0.15) is 11.4 Å². The van der Waals surface area contributed by atoms with Crippen LogP contribution in [0.25, 0.3) is 0 Å². The fourth-order valence-electron chi connectivity index (χ4n) is 4.95. The highest BCUT2D eigenvalue weighted by Crippen LogP contribution is 2.39. The largest absolute Gasteiger partial charge is 0.478 e. The van der Waals surface area contributed by atoms with E-state index in [1.54, 1.807) is 0 Å². The van der Waals surface area contributed by atoms with Crippen LogP contribution in [0.3, 0.4) is 0 Å². The maximum absolute atomic E-state index is 14.1. The van der Waals surface area contributed by atoms with E-state index < -0.39 is 57.2 Å². The number of alkyl halides is 6. The average Bonchev–Trinajstić information content (AvgIpc) is 3.50. The second-order valence-corrected chi connectivity index (χ2v) is 12.1. The standard InChI is InChI=1S/C28H28F6N4O6S/c1-16(19-5-7-20(8-6-19)26(40)41)35-24(39)22-23(28(32,33)34)36-38-10-9-37(25(22)38)15-18-12-17(4-3-11-44-45(2,42)43)13-21(14-18)27(29,30)31/h5-8,12-14,16H,3-4,9-11,15H2,1-2H3,(H,35,39)(H,40,41). The smallest absolute Gasteiger partial charge is 0.436 e. The number of nitrogens with one attached hydrogen (secondary N) is 1. The zero-order valence-electron chi connectivity index (χ0n) is 23.9. The van der Waals surface area contributed by atoms with Crippen molar-refractivity contribution in [3.63, 3.8) is 0 Å². The molecule has 1 atom stereocenters. The summed E-state index contributed by atoms with van der Waals surface area (Å²) in [6, 6.07) is 7.74. The van der Waals surface area contributed by atoms with Gasteiger partial charge >= 0.3 is 18.3 Å². The van der Waals surface area contributed by atoms with Crippen LogP contribution in [0.4, 0.5) is 32.2 Å². The molecule has 4 rings (SSSR count). The first-order chi connectivity index (χ1) is 20.8. The summed E-state index contributed by atoms with van der Waals surface area (Å²) in [5.41, 5.74) is -2.54. The number of benzene rings is 2. The number of fused-ring (bicyclic) bond motifs is 1. The molecule has 17 heteroatoms. The summed E-state index contributed by atoms with van der Waals surface area (Å²) in [5, 5.41) is 15.2. The van der Waals surface area contributed by atoms with Crippen LogP contribution in [0.2, 0.25) is 0 Å². The van der Waals surface area contributed by atoms with Gasteiger partial charge in [-0.1, -0.05) is 18.2 Å². The number of carbonyl (C=O) groups is 2. The molecule has 1 aliphatic rings. The van der Waals surface area contributed by atoms with Gasteiger partial charge in [0.15, 0.2) is 5.69 Å². The molecular formula is C28H28F6N4O6S. The van der Waals surface area contributed by atoms with E-state index in [1.807, 2.05) is 0 Å². The van der Waals surface area contributed by atoms with Gasteiger partial charge in [0.05, 0.1) is 36.6 Å². The third kappa shape index (κ3) is 8.33. The summed E-state index contributed by atoms with van der Waals surface area (Å²) in [4.78, 5) is 25.8. The van der Waals surface area contributed by atoms with Crippen molar-refractivity contribution in [3.8, 4) is 0 Å². The predicted molar refractivity (Wildman–Crippen MR) is 148 cm³/mol. The van der Waals surface area contributed by atoms with Gasteiger partial charge in [-0.3, -0.25) is 8.98 Å². The summed E-state index contributed by atoms with van der Waals surface area (Å²) in [5.74, 6) is -2.52. The number of aryl methyl sites for hydroxylation is 1. The molecule has 10 nitrogen and oxygen atoms in total. The van der Waals surface area contributed by atoms with Crippen LogP contribution in [-0.4, -0.2) is 54.6 Å². The molecule has 0 spiro atoms. The molecular weight excluding hydrogens is 634 g/mol. The molecule has 0 radical (unpaired) electrons. The molecule has 3 aromatic rings. The van der Waals surface area contributed by atoms with Crippen LogP contribution in [0.5, 0.6) is 0 Å². The Morgan fingerprint density at radius 2 is 1.67 bits per heavy atom. The maximum Gasteiger partial charge on any atom is 0.436 e. The Hall–Kier alpha value is -4.12. The number of hydrogen-bond acceptors (Lipinski definition) is 7. The number of amides is 1. The number of carboxylic acids is 1. The van der Waals surface area contributed by atoms with Crippen LogP contribution in [-0.2, 0) is 46.2 Å². The SMILES string of the molecule is CC(NC(=O)c1c(C(F)(F)F)nn2c1N(Cc1cc(CCCOS(C)(=O)=O)cc(C(F)(F)F)c1)CC2)c1ccc(C(=O)O)cc1. The van der Waals surface area contributed by atoms with Gasteiger partial charge in [0, 0.05) is 13.1 Å². The van der Waals surface area contributed by atoms with E-state index in [0.717, 1.165) is 23.1 Å². The van der Waals surface area contributed by atoms with Gasteiger partial charge in [-0.25, -0.2) is 9.48 Å². The average molecular weight is 663 g/mol. The summed E-state index contributed by atoms with van der Waals surface area (Å²) >= 11 is 0. The van der Waals surface area contributed by atoms with Crippen molar-refractivity contribution in [1.82, 2.24) is 15.1 Å². The minimum absolute atomic E-state index is 0.0262. The van der Waals surface area contributed by atoms with Crippen molar-refractivity contribution in [3.05, 3.63) is 81.5 Å². The van der Waals surface area contributed by atoms with Gasteiger partial charge in [0.2, 0.25) is 0 Å². The van der Waals surface area contributed by atoms with Crippen molar-refractivity contribution in [2.45, 2.75) is 51.2 Å². The van der Waals surface area contributed by atoms with Crippen LogP contribution in [0, 0.1) is 0 Å². The van der Waals surface area contributed by atoms with Crippen LogP contribution >= 0.6 is 0 Å². The quantitative estimate of drug-likeness (QED) is 0.166. The van der Waals surface area contributed by atoms with Crippen LogP contribution in [0.1, 0.15) is 68.1 Å². The van der Waals surface area contributed by atoms with E-state index in [1.165, 1.54) is 42.2 Å². The zero-order valence-corrected chi connectivity index (χ0v) is 24.7. The Kier molecular flexibility index (Phi) is 9.53. The number of aromatic carboxylic acids is 1. The van der Waals surface area contributed by atoms with E-state index in [2.05, 4.69) is 14.6 Å². The monoisotopic (exact) mass is 662 g/mol. The van der Waals surface area contributed by atoms with Crippen molar-refractivity contribution in [2.24, 2.45) is 0 Å². The number of hydrogen-bond donors (Lipinski definition) is 2. The summed E-state index contributed by atoms with van der Waals surface area (Å²) in [7, 11) is -3.74. The highest BCUT2D eigenvalue weighted by atomic mass is 32.2. The Morgan fingerprint density at radius 3 is 2.24 bits per heavy atom. The minimum atomic E-state index is -5.03. The fourth-order valence-corrected chi connectivity index (χ4v) is 5.37. The number of anilines is 1. The molecule has 1 amide bonds. The maximum atomic E-state index is 14.1. The molecule has 0 bridgehead atoms. The van der Waals surface area contributed by atoms with Crippen molar-refractivity contribution in [1.29, 1.82) is 0 Å². The number of rotatable bonds is 11. The molecule has 2 aromatic carbocycles. The molecule has 2 heterocycles. The van der Waals surface area contributed by atoms with E-state index in [4.69, 9.17) is 5.11 Å².